The molecule has 0 aliphatic carbocycles. The molecular weight excluding hydrogens is 358 g/mol. The number of hydrogen-bond donors (Lipinski definition) is 1. The number of likely N-dealkylation sites (tertiary alicyclic amines) is 1. The molecule has 0 unspecified atom stereocenters. The average Bonchev–Trinajstić information content (AvgIpc) is 3.13. The van der Waals surface area contributed by atoms with Crippen LogP contribution >= 0.6 is 0 Å². The van der Waals surface area contributed by atoms with E-state index < -0.39 is 0 Å². The van der Waals surface area contributed by atoms with Gasteiger partial charge in [-0.05, 0) is 68.6 Å². The maximum atomic E-state index is 9.16. The van der Waals surface area contributed by atoms with Crippen LogP contribution in [0.1, 0.15) is 24.1 Å². The highest BCUT2D eigenvalue weighted by molar-refractivity contribution is 6.06. The Kier molecular flexibility index (Phi) is 4.49. The van der Waals surface area contributed by atoms with Gasteiger partial charge in [0.15, 0.2) is 0 Å². The summed E-state index contributed by atoms with van der Waals surface area (Å²) in [7, 11) is 2.21. The topological polar surface area (TPSA) is 68.6 Å². The molecule has 1 aliphatic heterocycles. The van der Waals surface area contributed by atoms with Crippen LogP contribution in [0.4, 0.5) is 0 Å². The minimum Gasteiger partial charge on any atom is -0.338 e. The van der Waals surface area contributed by atoms with Crippen molar-refractivity contribution in [3.8, 4) is 17.2 Å². The molecule has 4 aromatic rings. The summed E-state index contributed by atoms with van der Waals surface area (Å²) in [5.74, 6) is 0.796. The van der Waals surface area contributed by atoms with Gasteiger partial charge in [0.25, 0.3) is 0 Å². The van der Waals surface area contributed by atoms with Gasteiger partial charge in [0, 0.05) is 22.5 Å². The molecule has 0 spiro atoms. The first-order chi connectivity index (χ1) is 14.2. The number of nitriles is 1. The van der Waals surface area contributed by atoms with Crippen molar-refractivity contribution < 1.29 is 0 Å². The van der Waals surface area contributed by atoms with Crippen LogP contribution in [0.15, 0.2) is 48.8 Å². The van der Waals surface area contributed by atoms with Crippen LogP contribution in [0.5, 0.6) is 0 Å². The Morgan fingerprint density at radius 2 is 1.83 bits per heavy atom. The fourth-order valence-corrected chi connectivity index (χ4v) is 4.33. The fraction of sp³-hybridized carbons (Fsp3) is 0.292. The molecule has 0 bridgehead atoms. The van der Waals surface area contributed by atoms with E-state index in [0.29, 0.717) is 5.69 Å². The van der Waals surface area contributed by atoms with Gasteiger partial charge in [-0.2, -0.15) is 5.26 Å². The van der Waals surface area contributed by atoms with Crippen molar-refractivity contribution in [2.75, 3.05) is 20.1 Å². The minimum absolute atomic E-state index is 0.419. The molecule has 1 saturated heterocycles. The Bertz CT molecular complexity index is 1210. The molecule has 1 aliphatic rings. The Labute approximate surface area is 170 Å². The zero-order valence-electron chi connectivity index (χ0n) is 16.5. The number of fused-ring (bicyclic) bond motifs is 3. The fourth-order valence-electron chi connectivity index (χ4n) is 4.33. The van der Waals surface area contributed by atoms with Crippen LogP contribution in [0.3, 0.4) is 0 Å². The summed E-state index contributed by atoms with van der Waals surface area (Å²) in [6.07, 6.45) is 7.35. The second-order valence-electron chi connectivity index (χ2n) is 8.12. The second kappa shape index (κ2) is 7.31. The van der Waals surface area contributed by atoms with E-state index in [4.69, 9.17) is 5.26 Å². The zero-order valence-corrected chi connectivity index (χ0v) is 16.5. The Hall–Kier alpha value is -3.23. The van der Waals surface area contributed by atoms with Crippen LogP contribution in [0.2, 0.25) is 0 Å². The Morgan fingerprint density at radius 3 is 2.59 bits per heavy atom. The lowest BCUT2D eigenvalue weighted by molar-refractivity contribution is 0.219. The van der Waals surface area contributed by atoms with E-state index in [2.05, 4.69) is 63.3 Å². The number of piperidine rings is 1. The number of pyridine rings is 2. The van der Waals surface area contributed by atoms with Gasteiger partial charge in [-0.1, -0.05) is 24.3 Å². The summed E-state index contributed by atoms with van der Waals surface area (Å²) in [4.78, 5) is 14.4. The van der Waals surface area contributed by atoms with Gasteiger partial charge in [-0.15, -0.1) is 0 Å². The molecule has 4 heterocycles. The summed E-state index contributed by atoms with van der Waals surface area (Å²) >= 11 is 0. The van der Waals surface area contributed by atoms with Gasteiger partial charge in [-0.3, -0.25) is 0 Å². The third-order valence-corrected chi connectivity index (χ3v) is 6.10. The third kappa shape index (κ3) is 3.48. The number of aromatic amines is 1. The van der Waals surface area contributed by atoms with Crippen LogP contribution in [0, 0.1) is 17.2 Å². The summed E-state index contributed by atoms with van der Waals surface area (Å²) in [6.45, 7) is 2.42. The lowest BCUT2D eigenvalue weighted by atomic mass is 9.90. The van der Waals surface area contributed by atoms with E-state index >= 15 is 0 Å². The van der Waals surface area contributed by atoms with Crippen molar-refractivity contribution in [3.05, 3.63) is 60.0 Å². The first-order valence-electron chi connectivity index (χ1n) is 10.1. The van der Waals surface area contributed by atoms with Gasteiger partial charge in [-0.25, -0.2) is 9.97 Å². The molecule has 0 radical (unpaired) electrons. The van der Waals surface area contributed by atoms with E-state index in [-0.39, 0.29) is 0 Å². The lowest BCUT2D eigenvalue weighted by Crippen LogP contribution is -2.30. The molecule has 0 amide bonds. The number of rotatable bonds is 3. The molecule has 5 heteroatoms. The first-order valence-corrected chi connectivity index (χ1v) is 10.1. The highest BCUT2D eigenvalue weighted by Gasteiger charge is 2.17. The van der Waals surface area contributed by atoms with Crippen molar-refractivity contribution >= 4 is 21.9 Å². The van der Waals surface area contributed by atoms with Crippen LogP contribution in [-0.2, 0) is 6.42 Å². The molecule has 1 fully saturated rings. The van der Waals surface area contributed by atoms with Gasteiger partial charge in [0.05, 0.1) is 11.7 Å². The maximum absolute atomic E-state index is 9.16. The van der Waals surface area contributed by atoms with Crippen molar-refractivity contribution in [2.45, 2.75) is 19.3 Å². The smallest absolute Gasteiger partial charge is 0.141 e. The quantitative estimate of drug-likeness (QED) is 0.566. The number of hydrogen-bond acceptors (Lipinski definition) is 4. The number of nitrogens with one attached hydrogen (secondary N) is 1. The second-order valence-corrected chi connectivity index (χ2v) is 8.12. The summed E-state index contributed by atoms with van der Waals surface area (Å²) in [6, 6.07) is 15.0. The molecule has 5 nitrogen and oxygen atoms in total. The number of aromatic nitrogens is 3. The summed E-state index contributed by atoms with van der Waals surface area (Å²) in [5.41, 5.74) is 5.79. The van der Waals surface area contributed by atoms with Gasteiger partial charge in [0.2, 0.25) is 0 Å². The van der Waals surface area contributed by atoms with Crippen molar-refractivity contribution in [1.29, 1.82) is 5.26 Å². The van der Waals surface area contributed by atoms with E-state index in [1.54, 1.807) is 6.20 Å². The van der Waals surface area contributed by atoms with Crippen LogP contribution in [0.25, 0.3) is 33.1 Å². The zero-order chi connectivity index (χ0) is 19.8. The first kappa shape index (κ1) is 17.8. The van der Waals surface area contributed by atoms with E-state index in [9.17, 15) is 0 Å². The molecule has 1 N–H and O–H groups in total. The van der Waals surface area contributed by atoms with Gasteiger partial charge in [0.1, 0.15) is 17.4 Å². The predicted octanol–water partition coefficient (Wildman–Crippen LogP) is 4.53. The van der Waals surface area contributed by atoms with E-state index in [0.717, 1.165) is 45.4 Å². The molecular formula is C24H23N5. The predicted molar refractivity (Wildman–Crippen MR) is 115 cm³/mol. The Balaban J connectivity index is 1.42. The van der Waals surface area contributed by atoms with Crippen molar-refractivity contribution in [3.63, 3.8) is 0 Å². The maximum Gasteiger partial charge on any atom is 0.141 e. The number of nitrogens with zero attached hydrogens (tertiary/aromatic N) is 4. The molecule has 3 aromatic heterocycles. The summed E-state index contributed by atoms with van der Waals surface area (Å²) < 4.78 is 0. The monoisotopic (exact) mass is 381 g/mol. The van der Waals surface area contributed by atoms with Gasteiger partial charge < -0.3 is 9.88 Å². The average molecular weight is 381 g/mol. The molecule has 29 heavy (non-hydrogen) atoms. The molecule has 0 saturated carbocycles. The lowest BCUT2D eigenvalue weighted by Gasteiger charge is -2.28. The van der Waals surface area contributed by atoms with E-state index in [1.807, 2.05) is 12.3 Å². The SMILES string of the molecule is CN1CCC(Cc2ccc(-c3cnc4[nH]c5cnc(C#N)cc5c4c3)cc2)CC1. The number of H-pyrrole nitrogens is 1. The highest BCUT2D eigenvalue weighted by atomic mass is 15.1. The minimum atomic E-state index is 0.419. The molecule has 0 atom stereocenters. The molecule has 5 rings (SSSR count). The molecule has 144 valence electrons. The Morgan fingerprint density at radius 1 is 1.03 bits per heavy atom. The normalized spacial score (nSPS) is 15.7. The highest BCUT2D eigenvalue weighted by Crippen LogP contribution is 2.29. The van der Waals surface area contributed by atoms with Crippen molar-refractivity contribution in [2.24, 2.45) is 5.92 Å². The molecule has 1 aromatic carbocycles. The van der Waals surface area contributed by atoms with Crippen LogP contribution < -0.4 is 0 Å². The van der Waals surface area contributed by atoms with Crippen molar-refractivity contribution in [1.82, 2.24) is 19.9 Å². The summed E-state index contributed by atoms with van der Waals surface area (Å²) in [5, 5.41) is 11.2. The van der Waals surface area contributed by atoms with Gasteiger partial charge >= 0.3 is 0 Å². The largest absolute Gasteiger partial charge is 0.338 e. The van der Waals surface area contributed by atoms with Crippen LogP contribution in [-0.4, -0.2) is 40.0 Å². The van der Waals surface area contributed by atoms with E-state index in [1.165, 1.54) is 31.5 Å². The standard InChI is InChI=1S/C24H23N5/c1-29-8-6-17(7-9-29)10-16-2-4-18(5-3-16)19-11-22-21-12-20(13-25)26-15-23(21)28-24(22)27-14-19/h2-5,11-12,14-15,17H,6-10H2,1H3,(H,27,28). The third-order valence-electron chi connectivity index (χ3n) is 6.10. The number of benzene rings is 1.